The fourth-order valence-electron chi connectivity index (χ4n) is 6.56. The van der Waals surface area contributed by atoms with E-state index in [0.29, 0.717) is 19.3 Å². The molecule has 0 aromatic heterocycles. The van der Waals surface area contributed by atoms with Crippen LogP contribution in [0.4, 0.5) is 0 Å². The minimum atomic E-state index is -0.801. The van der Waals surface area contributed by atoms with Gasteiger partial charge in [-0.25, -0.2) is 0 Å². The van der Waals surface area contributed by atoms with E-state index in [1.165, 1.54) is 83.5 Å². The molecule has 3 unspecified atom stereocenters. The van der Waals surface area contributed by atoms with Crippen LogP contribution in [0.1, 0.15) is 207 Å². The Morgan fingerprint density at radius 3 is 1.57 bits per heavy atom. The van der Waals surface area contributed by atoms with Crippen molar-refractivity contribution in [3.8, 4) is 0 Å². The number of hydrogen-bond donors (Lipinski definition) is 3. The molecule has 0 spiro atoms. The summed E-state index contributed by atoms with van der Waals surface area (Å²) in [6.45, 7) is 6.31. The lowest BCUT2D eigenvalue weighted by Crippen LogP contribution is -2.46. The summed E-state index contributed by atoms with van der Waals surface area (Å²) in [4.78, 5) is 26.0. The van der Waals surface area contributed by atoms with E-state index in [9.17, 15) is 19.8 Å². The smallest absolute Gasteiger partial charge is 0.306 e. The first-order chi connectivity index (χ1) is 27.5. The highest BCUT2D eigenvalue weighted by molar-refractivity contribution is 5.77. The number of ether oxygens (including phenoxy) is 1. The third-order valence-corrected chi connectivity index (χ3v) is 10.1. The molecule has 6 nitrogen and oxygen atoms in total. The van der Waals surface area contributed by atoms with Gasteiger partial charge in [0.25, 0.3) is 0 Å². The Hall–Kier alpha value is -2.70. The maximum atomic E-state index is 13.1. The van der Waals surface area contributed by atoms with E-state index < -0.39 is 18.2 Å². The lowest BCUT2D eigenvalue weighted by Gasteiger charge is -2.24. The van der Waals surface area contributed by atoms with Gasteiger partial charge in [-0.2, -0.15) is 0 Å². The monoisotopic (exact) mass is 782 g/mol. The van der Waals surface area contributed by atoms with Gasteiger partial charge < -0.3 is 20.3 Å². The van der Waals surface area contributed by atoms with Gasteiger partial charge in [-0.05, 0) is 64.2 Å². The zero-order chi connectivity index (χ0) is 41.0. The second-order valence-corrected chi connectivity index (χ2v) is 15.6. The highest BCUT2D eigenvalue weighted by atomic mass is 16.5. The van der Waals surface area contributed by atoms with Crippen LogP contribution < -0.4 is 5.32 Å². The summed E-state index contributed by atoms with van der Waals surface area (Å²) in [6.07, 6.45) is 53.8. The molecule has 0 aromatic carbocycles. The average Bonchev–Trinajstić information content (AvgIpc) is 3.19. The summed E-state index contributed by atoms with van der Waals surface area (Å²) in [5.74, 6) is -0.534. The molecule has 1 amide bonds. The number of carbonyl (C=O) groups is 2. The van der Waals surface area contributed by atoms with Crippen LogP contribution >= 0.6 is 0 Å². The van der Waals surface area contributed by atoms with Crippen LogP contribution in [0.3, 0.4) is 0 Å². The molecule has 0 aliphatic rings. The van der Waals surface area contributed by atoms with Gasteiger partial charge in [0.1, 0.15) is 6.10 Å². The Kier molecular flexibility index (Phi) is 41.3. The molecule has 0 fully saturated rings. The molecule has 0 heterocycles. The third-order valence-electron chi connectivity index (χ3n) is 10.1. The first kappa shape index (κ1) is 53.3. The first-order valence-electron chi connectivity index (χ1n) is 23.2. The number of esters is 1. The Morgan fingerprint density at radius 2 is 0.982 bits per heavy atom. The standard InChI is InChI=1S/C50H87NO5/c1-4-7-10-13-16-19-22-23-24-25-26-28-29-32-35-38-41-46(56-50(55)43-40-37-34-31-27-20-17-14-11-8-5-2)44-49(54)51-47(45-52)48(53)42-39-36-33-30-21-18-15-12-9-6-3/h10,13-14,16-17,19,22-26,28,46-48,52-53H,4-9,11-12,15,18,20-21,27,29-45H2,1-3H3,(H,51,54)/b13-10+,17-14-,19-16+,23-22+,25-24+,28-26+. The van der Waals surface area contributed by atoms with Gasteiger partial charge in [0.05, 0.1) is 25.2 Å². The first-order valence-corrected chi connectivity index (χ1v) is 23.2. The summed E-state index contributed by atoms with van der Waals surface area (Å²) in [6, 6.07) is -0.718. The number of hydrogen-bond acceptors (Lipinski definition) is 5. The Bertz CT molecular complexity index is 1060. The van der Waals surface area contributed by atoms with Crippen molar-refractivity contribution < 1.29 is 24.5 Å². The Balaban J connectivity index is 4.74. The number of carbonyl (C=O) groups excluding carboxylic acids is 2. The fraction of sp³-hybridized carbons (Fsp3) is 0.720. The number of aliphatic hydroxyl groups excluding tert-OH is 2. The van der Waals surface area contributed by atoms with Crippen molar-refractivity contribution in [3.63, 3.8) is 0 Å². The fourth-order valence-corrected chi connectivity index (χ4v) is 6.56. The van der Waals surface area contributed by atoms with E-state index in [-0.39, 0.29) is 24.9 Å². The van der Waals surface area contributed by atoms with E-state index in [1.54, 1.807) is 0 Å². The van der Waals surface area contributed by atoms with Crippen LogP contribution in [-0.4, -0.2) is 46.9 Å². The van der Waals surface area contributed by atoms with Gasteiger partial charge in [0, 0.05) is 6.42 Å². The molecule has 0 rings (SSSR count). The van der Waals surface area contributed by atoms with Crippen molar-refractivity contribution in [1.82, 2.24) is 5.32 Å². The number of aliphatic hydroxyl groups is 2. The molecule has 0 radical (unpaired) electrons. The van der Waals surface area contributed by atoms with Gasteiger partial charge in [0.15, 0.2) is 0 Å². The van der Waals surface area contributed by atoms with E-state index in [1.807, 2.05) is 36.5 Å². The van der Waals surface area contributed by atoms with E-state index in [0.717, 1.165) is 77.0 Å². The lowest BCUT2D eigenvalue weighted by molar-refractivity contribution is -0.151. The van der Waals surface area contributed by atoms with Crippen molar-refractivity contribution in [2.45, 2.75) is 225 Å². The number of nitrogens with one attached hydrogen (secondary N) is 1. The predicted octanol–water partition coefficient (Wildman–Crippen LogP) is 13.4. The molecule has 0 aromatic rings. The minimum absolute atomic E-state index is 0.0431. The molecular formula is C50H87NO5. The van der Waals surface area contributed by atoms with Gasteiger partial charge in [-0.3, -0.25) is 9.59 Å². The van der Waals surface area contributed by atoms with Gasteiger partial charge in [-0.15, -0.1) is 0 Å². The van der Waals surface area contributed by atoms with Crippen LogP contribution in [0.15, 0.2) is 72.9 Å². The summed E-state index contributed by atoms with van der Waals surface area (Å²) < 4.78 is 5.88. The minimum Gasteiger partial charge on any atom is -0.462 e. The molecule has 56 heavy (non-hydrogen) atoms. The van der Waals surface area contributed by atoms with E-state index >= 15 is 0 Å². The third kappa shape index (κ3) is 38.2. The Morgan fingerprint density at radius 1 is 0.518 bits per heavy atom. The molecule has 6 heteroatoms. The van der Waals surface area contributed by atoms with Crippen molar-refractivity contribution >= 4 is 11.9 Å². The number of amides is 1. The summed E-state index contributed by atoms with van der Waals surface area (Å²) in [5, 5.41) is 23.6. The Labute approximate surface area is 345 Å². The molecule has 0 aliphatic carbocycles. The number of allylic oxidation sites excluding steroid dienone is 12. The quantitative estimate of drug-likeness (QED) is 0.0249. The second kappa shape index (κ2) is 43.4. The highest BCUT2D eigenvalue weighted by Gasteiger charge is 2.24. The van der Waals surface area contributed by atoms with Crippen molar-refractivity contribution in [1.29, 1.82) is 0 Å². The topological polar surface area (TPSA) is 95.9 Å². The van der Waals surface area contributed by atoms with Crippen molar-refractivity contribution in [2.24, 2.45) is 0 Å². The second-order valence-electron chi connectivity index (χ2n) is 15.6. The average molecular weight is 782 g/mol. The molecule has 3 N–H and O–H groups in total. The predicted molar refractivity (Wildman–Crippen MR) is 241 cm³/mol. The largest absolute Gasteiger partial charge is 0.462 e. The van der Waals surface area contributed by atoms with Gasteiger partial charge >= 0.3 is 5.97 Å². The van der Waals surface area contributed by atoms with Crippen LogP contribution in [0, 0.1) is 0 Å². The van der Waals surface area contributed by atoms with Crippen LogP contribution in [0.25, 0.3) is 0 Å². The molecule has 0 saturated heterocycles. The SMILES string of the molecule is CCC/C=C/C=C/C=C/C=C/C=C/CCCCCC(CC(=O)NC(CO)C(O)CCCCCCCCCCCC)OC(=O)CCCCCCC/C=C\CCCC. The molecule has 322 valence electrons. The molecule has 3 atom stereocenters. The maximum Gasteiger partial charge on any atom is 0.306 e. The van der Waals surface area contributed by atoms with Gasteiger partial charge in [0.2, 0.25) is 5.91 Å². The van der Waals surface area contributed by atoms with Crippen molar-refractivity contribution in [3.05, 3.63) is 72.9 Å². The van der Waals surface area contributed by atoms with Gasteiger partial charge in [-0.1, -0.05) is 203 Å². The molecule has 0 saturated carbocycles. The molecule has 0 aliphatic heterocycles. The summed E-state index contributed by atoms with van der Waals surface area (Å²) in [5.41, 5.74) is 0. The number of rotatable bonds is 40. The van der Waals surface area contributed by atoms with E-state index in [2.05, 4.69) is 62.5 Å². The van der Waals surface area contributed by atoms with Crippen molar-refractivity contribution in [2.75, 3.05) is 6.61 Å². The van der Waals surface area contributed by atoms with Crippen LogP contribution in [0.5, 0.6) is 0 Å². The van der Waals surface area contributed by atoms with E-state index in [4.69, 9.17) is 4.74 Å². The highest BCUT2D eigenvalue weighted by Crippen LogP contribution is 2.17. The summed E-state index contributed by atoms with van der Waals surface area (Å²) >= 11 is 0. The summed E-state index contributed by atoms with van der Waals surface area (Å²) in [7, 11) is 0. The molecule has 0 bridgehead atoms. The maximum absolute atomic E-state index is 13.1. The zero-order valence-electron chi connectivity index (χ0n) is 36.5. The number of unbranched alkanes of at least 4 members (excludes halogenated alkanes) is 20. The van der Waals surface area contributed by atoms with Crippen LogP contribution in [0.2, 0.25) is 0 Å². The lowest BCUT2D eigenvalue weighted by atomic mass is 10.0. The molecular weight excluding hydrogens is 695 g/mol. The van der Waals surface area contributed by atoms with Crippen LogP contribution in [-0.2, 0) is 14.3 Å². The zero-order valence-corrected chi connectivity index (χ0v) is 36.5. The normalized spacial score (nSPS) is 14.0.